The number of hydrogen-bond donors (Lipinski definition) is 1. The fraction of sp³-hybridized carbons (Fsp3) is 0.222. The van der Waals surface area contributed by atoms with Crippen LogP contribution >= 0.6 is 0 Å². The van der Waals surface area contributed by atoms with E-state index in [0.717, 1.165) is 10.5 Å². The maximum atomic E-state index is 13.8. The molecule has 0 radical (unpaired) electrons. The molecule has 2 saturated heterocycles. The highest BCUT2D eigenvalue weighted by molar-refractivity contribution is 6.24. The summed E-state index contributed by atoms with van der Waals surface area (Å²) in [6.45, 7) is 1.87. The average Bonchev–Trinajstić information content (AvgIpc) is 3.39. The number of carbonyl (C=O) groups excluding carboxylic acids is 2. The van der Waals surface area contributed by atoms with Crippen molar-refractivity contribution in [2.24, 2.45) is 5.92 Å². The third-order valence-electron chi connectivity index (χ3n) is 6.50. The number of nitrogens with zero attached hydrogens (tertiary/aromatic N) is 2. The van der Waals surface area contributed by atoms with Crippen molar-refractivity contribution >= 4 is 29.2 Å². The number of carbonyl (C=O) groups is 3. The normalized spacial score (nSPS) is 21.0. The van der Waals surface area contributed by atoms with Gasteiger partial charge < -0.3 is 14.6 Å². The Bertz CT molecular complexity index is 1360. The monoisotopic (exact) mass is 488 g/mol. The maximum absolute atomic E-state index is 13.8. The number of rotatable bonds is 6. The Hall–Kier alpha value is -4.37. The lowest BCUT2D eigenvalue weighted by Crippen LogP contribution is -2.37. The number of carboxylic acid groups (broad SMARTS) is 1. The molecule has 1 N–H and O–H groups in total. The molecule has 0 spiro atoms. The van der Waals surface area contributed by atoms with Gasteiger partial charge in [0, 0.05) is 0 Å². The predicted octanol–water partition coefficient (Wildman–Crippen LogP) is 3.76. The Kier molecular flexibility index (Phi) is 5.85. The van der Waals surface area contributed by atoms with Gasteiger partial charge in [-0.2, -0.15) is 0 Å². The van der Waals surface area contributed by atoms with E-state index in [1.165, 1.54) is 19.3 Å². The Morgan fingerprint density at radius 3 is 2.28 bits per heavy atom. The summed E-state index contributed by atoms with van der Waals surface area (Å²) < 4.78 is 10.7. The number of hydrogen-bond acceptors (Lipinski definition) is 7. The predicted molar refractivity (Wildman–Crippen MR) is 130 cm³/mol. The summed E-state index contributed by atoms with van der Waals surface area (Å²) in [7, 11) is 2.76. The van der Waals surface area contributed by atoms with Gasteiger partial charge in [-0.25, -0.2) is 14.8 Å². The molecule has 5 rings (SSSR count). The van der Waals surface area contributed by atoms with E-state index in [1.54, 1.807) is 54.6 Å². The molecule has 2 aliphatic heterocycles. The SMILES string of the molecule is COc1ccc([C@H]2[C@@H]3C(=O)N(c4cccc(C)c4)C(=O)[C@H]3ON2c2ccccc2)c(C(=O)O)c1OC. The highest BCUT2D eigenvalue weighted by atomic mass is 16.7. The van der Waals surface area contributed by atoms with Gasteiger partial charge >= 0.3 is 5.97 Å². The van der Waals surface area contributed by atoms with Crippen molar-refractivity contribution < 1.29 is 33.8 Å². The van der Waals surface area contributed by atoms with Crippen LogP contribution in [0.1, 0.15) is 27.5 Å². The van der Waals surface area contributed by atoms with Gasteiger partial charge in [0.1, 0.15) is 11.5 Å². The summed E-state index contributed by atoms with van der Waals surface area (Å²) in [5, 5.41) is 11.6. The lowest BCUT2D eigenvalue weighted by molar-refractivity contribution is -0.126. The lowest BCUT2D eigenvalue weighted by atomic mass is 9.87. The molecule has 2 aliphatic rings. The molecule has 3 aromatic rings. The number of amides is 2. The third-order valence-corrected chi connectivity index (χ3v) is 6.50. The highest BCUT2D eigenvalue weighted by Gasteiger charge is 2.61. The van der Waals surface area contributed by atoms with E-state index in [9.17, 15) is 19.5 Å². The molecule has 0 aliphatic carbocycles. The largest absolute Gasteiger partial charge is 0.493 e. The van der Waals surface area contributed by atoms with Gasteiger partial charge in [0.25, 0.3) is 5.91 Å². The highest BCUT2D eigenvalue weighted by Crippen LogP contribution is 2.50. The first-order valence-electron chi connectivity index (χ1n) is 11.3. The number of carboxylic acids is 1. The summed E-state index contributed by atoms with van der Waals surface area (Å²) in [6, 6.07) is 18.2. The Morgan fingerprint density at radius 1 is 0.917 bits per heavy atom. The topological polar surface area (TPSA) is 106 Å². The summed E-state index contributed by atoms with van der Waals surface area (Å²) in [5.74, 6) is -2.97. The number of hydroxylamine groups is 1. The van der Waals surface area contributed by atoms with E-state index in [-0.39, 0.29) is 22.6 Å². The molecule has 2 fully saturated rings. The molecule has 9 nitrogen and oxygen atoms in total. The molecule has 3 aromatic carbocycles. The Labute approximate surface area is 207 Å². The van der Waals surface area contributed by atoms with Gasteiger partial charge in [-0.1, -0.05) is 36.4 Å². The number of methoxy groups -OCH3 is 2. The minimum absolute atomic E-state index is 0.0197. The van der Waals surface area contributed by atoms with Crippen molar-refractivity contribution in [2.45, 2.75) is 19.1 Å². The number of aryl methyl sites for hydroxylation is 1. The standard InChI is InChI=1S/C27H24N2O7/c1-15-8-7-11-17(14-15)28-25(30)21-22(18-12-13-19(34-2)23(35-3)20(18)27(32)33)29(36-24(21)26(28)31)16-9-5-4-6-10-16/h4-14,21-22,24H,1-3H3,(H,32,33)/t21-,22-,24-/m0/s1. The molecule has 0 saturated carbocycles. The van der Waals surface area contributed by atoms with Crippen molar-refractivity contribution in [2.75, 3.05) is 24.2 Å². The molecular weight excluding hydrogens is 464 g/mol. The van der Waals surface area contributed by atoms with E-state index in [2.05, 4.69) is 0 Å². The molecule has 2 heterocycles. The second-order valence-corrected chi connectivity index (χ2v) is 8.58. The zero-order valence-corrected chi connectivity index (χ0v) is 19.9. The van der Waals surface area contributed by atoms with Gasteiger partial charge in [-0.05, 0) is 48.4 Å². The van der Waals surface area contributed by atoms with Crippen molar-refractivity contribution in [1.82, 2.24) is 0 Å². The number of ether oxygens (including phenoxy) is 2. The summed E-state index contributed by atoms with van der Waals surface area (Å²) in [5.41, 5.74) is 2.01. The van der Waals surface area contributed by atoms with Crippen LogP contribution in [0.5, 0.6) is 11.5 Å². The zero-order valence-electron chi connectivity index (χ0n) is 19.9. The summed E-state index contributed by atoms with van der Waals surface area (Å²) >= 11 is 0. The van der Waals surface area contributed by atoms with E-state index in [4.69, 9.17) is 14.3 Å². The van der Waals surface area contributed by atoms with E-state index in [0.29, 0.717) is 11.4 Å². The van der Waals surface area contributed by atoms with Crippen LogP contribution in [0, 0.1) is 12.8 Å². The number of aromatic carboxylic acids is 1. The van der Waals surface area contributed by atoms with Crippen molar-refractivity contribution in [3.05, 3.63) is 83.4 Å². The van der Waals surface area contributed by atoms with Gasteiger partial charge in [-0.15, -0.1) is 0 Å². The van der Waals surface area contributed by atoms with Crippen molar-refractivity contribution in [1.29, 1.82) is 0 Å². The van der Waals surface area contributed by atoms with Crippen LogP contribution in [0.25, 0.3) is 0 Å². The van der Waals surface area contributed by atoms with Crippen LogP contribution in [0.3, 0.4) is 0 Å². The Morgan fingerprint density at radius 2 is 1.64 bits per heavy atom. The van der Waals surface area contributed by atoms with Crippen LogP contribution in [-0.2, 0) is 14.4 Å². The van der Waals surface area contributed by atoms with Crippen LogP contribution in [0.4, 0.5) is 11.4 Å². The molecule has 0 aromatic heterocycles. The van der Waals surface area contributed by atoms with E-state index >= 15 is 0 Å². The second-order valence-electron chi connectivity index (χ2n) is 8.58. The quantitative estimate of drug-likeness (QED) is 0.523. The molecule has 2 amide bonds. The molecule has 0 bridgehead atoms. The van der Waals surface area contributed by atoms with E-state index in [1.807, 2.05) is 19.1 Å². The molecular formula is C27H24N2O7. The van der Waals surface area contributed by atoms with Gasteiger partial charge in [-0.3, -0.25) is 14.4 Å². The average molecular weight is 488 g/mol. The van der Waals surface area contributed by atoms with Crippen LogP contribution < -0.4 is 19.4 Å². The smallest absolute Gasteiger partial charge is 0.339 e. The van der Waals surface area contributed by atoms with Crippen LogP contribution in [-0.4, -0.2) is 43.2 Å². The number of para-hydroxylation sites is 1. The van der Waals surface area contributed by atoms with E-state index < -0.39 is 35.8 Å². The van der Waals surface area contributed by atoms with Crippen LogP contribution in [0.2, 0.25) is 0 Å². The summed E-state index contributed by atoms with van der Waals surface area (Å²) in [4.78, 5) is 47.0. The lowest BCUT2D eigenvalue weighted by Gasteiger charge is -2.30. The van der Waals surface area contributed by atoms with Gasteiger partial charge in [0.05, 0.1) is 31.6 Å². The first-order chi connectivity index (χ1) is 17.4. The first-order valence-corrected chi connectivity index (χ1v) is 11.3. The first kappa shape index (κ1) is 23.4. The minimum atomic E-state index is -1.26. The van der Waals surface area contributed by atoms with Gasteiger partial charge in [0.2, 0.25) is 5.91 Å². The molecule has 3 atom stereocenters. The van der Waals surface area contributed by atoms with Crippen molar-refractivity contribution in [3.8, 4) is 11.5 Å². The molecule has 9 heteroatoms. The number of anilines is 2. The van der Waals surface area contributed by atoms with Crippen molar-refractivity contribution in [3.63, 3.8) is 0 Å². The molecule has 36 heavy (non-hydrogen) atoms. The third kappa shape index (κ3) is 3.56. The number of fused-ring (bicyclic) bond motifs is 1. The fourth-order valence-electron chi connectivity index (χ4n) is 4.96. The zero-order chi connectivity index (χ0) is 25.6. The number of benzene rings is 3. The Balaban J connectivity index is 1.69. The van der Waals surface area contributed by atoms with Crippen LogP contribution in [0.15, 0.2) is 66.7 Å². The fourth-order valence-corrected chi connectivity index (χ4v) is 4.96. The minimum Gasteiger partial charge on any atom is -0.493 e. The molecule has 184 valence electrons. The van der Waals surface area contributed by atoms with Gasteiger partial charge in [0.15, 0.2) is 17.6 Å². The second kappa shape index (κ2) is 9.01. The molecule has 0 unspecified atom stereocenters. The maximum Gasteiger partial charge on any atom is 0.339 e. The summed E-state index contributed by atoms with van der Waals surface area (Å²) in [6.07, 6.45) is -1.13. The number of imide groups is 1.